The second kappa shape index (κ2) is 8.47. The number of amides is 1. The van der Waals surface area contributed by atoms with Crippen molar-refractivity contribution in [2.45, 2.75) is 6.92 Å². The largest absolute Gasteiger partial charge is 0.433 e. The van der Waals surface area contributed by atoms with Crippen LogP contribution in [0.1, 0.15) is 33.4 Å². The highest BCUT2D eigenvalue weighted by Gasteiger charge is 2.22. The maximum Gasteiger partial charge on any atom is 0.433 e. The third-order valence-corrected chi connectivity index (χ3v) is 5.34. The van der Waals surface area contributed by atoms with Crippen LogP contribution < -0.4 is 5.01 Å². The molecule has 1 amide bonds. The first-order chi connectivity index (χ1) is 15.3. The van der Waals surface area contributed by atoms with E-state index in [9.17, 15) is 24.1 Å². The minimum atomic E-state index is -0.696. The molecule has 4 rings (SSSR count). The molecule has 0 spiro atoms. The van der Waals surface area contributed by atoms with Gasteiger partial charge in [0.15, 0.2) is 11.5 Å². The predicted octanol–water partition coefficient (Wildman–Crippen LogP) is 4.82. The van der Waals surface area contributed by atoms with E-state index in [1.807, 2.05) is 0 Å². The van der Waals surface area contributed by atoms with Gasteiger partial charge in [-0.3, -0.25) is 19.7 Å². The van der Waals surface area contributed by atoms with Gasteiger partial charge in [-0.15, -0.1) is 0 Å². The highest BCUT2D eigenvalue weighted by atomic mass is 32.1. The van der Waals surface area contributed by atoms with Crippen molar-refractivity contribution in [1.82, 2.24) is 4.98 Å². The fraction of sp³-hybridized carbons (Fsp3) is 0.0476. The number of ketones is 1. The summed E-state index contributed by atoms with van der Waals surface area (Å²) in [6.07, 6.45) is 1.14. The molecular weight excluding hydrogens is 439 g/mol. The van der Waals surface area contributed by atoms with E-state index in [1.165, 1.54) is 55.5 Å². The summed E-state index contributed by atoms with van der Waals surface area (Å²) in [6, 6.07) is 12.5. The number of furan rings is 1. The molecule has 2 aromatic heterocycles. The smallest absolute Gasteiger partial charge is 0.400 e. The Morgan fingerprint density at radius 2 is 1.88 bits per heavy atom. The number of aromatic nitrogens is 1. The van der Waals surface area contributed by atoms with E-state index in [0.29, 0.717) is 15.8 Å². The number of anilines is 1. The molecule has 0 unspecified atom stereocenters. The number of carbonyl (C=O) groups is 2. The summed E-state index contributed by atoms with van der Waals surface area (Å²) in [5, 5.41) is 16.1. The number of rotatable bonds is 6. The van der Waals surface area contributed by atoms with Crippen molar-refractivity contribution in [1.29, 1.82) is 0 Å². The van der Waals surface area contributed by atoms with E-state index >= 15 is 0 Å². The molecule has 9 nitrogen and oxygen atoms in total. The zero-order chi connectivity index (χ0) is 22.8. The average molecular weight is 452 g/mol. The van der Waals surface area contributed by atoms with Gasteiger partial charge in [-0.2, -0.15) is 10.1 Å². The monoisotopic (exact) mass is 452 g/mol. The van der Waals surface area contributed by atoms with Crippen LogP contribution in [-0.2, 0) is 0 Å². The van der Waals surface area contributed by atoms with Gasteiger partial charge in [0.2, 0.25) is 5.13 Å². The number of fused-ring (bicyclic) bond motifs is 1. The van der Waals surface area contributed by atoms with Gasteiger partial charge in [-0.1, -0.05) is 23.5 Å². The zero-order valence-electron chi connectivity index (χ0n) is 16.4. The first-order valence-corrected chi connectivity index (χ1v) is 9.93. The van der Waals surface area contributed by atoms with Crippen molar-refractivity contribution >= 4 is 50.5 Å². The molecule has 0 N–H and O–H groups in total. The van der Waals surface area contributed by atoms with Gasteiger partial charge in [0.05, 0.1) is 22.5 Å². The van der Waals surface area contributed by atoms with Gasteiger partial charge in [0.1, 0.15) is 10.7 Å². The molecule has 0 aliphatic heterocycles. The molecule has 0 saturated heterocycles. The van der Waals surface area contributed by atoms with E-state index < -0.39 is 22.5 Å². The topological polar surface area (TPSA) is 119 Å². The van der Waals surface area contributed by atoms with Crippen molar-refractivity contribution in [3.05, 3.63) is 87.4 Å². The fourth-order valence-electron chi connectivity index (χ4n) is 2.76. The Morgan fingerprint density at radius 1 is 1.16 bits per heavy atom. The van der Waals surface area contributed by atoms with Crippen LogP contribution in [0.4, 0.5) is 15.4 Å². The van der Waals surface area contributed by atoms with Gasteiger partial charge in [-0.25, -0.2) is 9.37 Å². The number of carbonyl (C=O) groups excluding carboxylic acids is 2. The van der Waals surface area contributed by atoms with Crippen LogP contribution in [0.15, 0.2) is 64.1 Å². The number of hydrazone groups is 1. The van der Waals surface area contributed by atoms with Crippen molar-refractivity contribution in [2.24, 2.45) is 5.10 Å². The average Bonchev–Trinajstić information content (AvgIpc) is 3.40. The van der Waals surface area contributed by atoms with E-state index in [2.05, 4.69) is 10.1 Å². The van der Waals surface area contributed by atoms with Crippen molar-refractivity contribution in [2.75, 3.05) is 5.01 Å². The molecule has 4 aromatic rings. The van der Waals surface area contributed by atoms with Gasteiger partial charge in [-0.05, 0) is 43.3 Å². The Bertz CT molecular complexity index is 1380. The van der Waals surface area contributed by atoms with Crippen LogP contribution in [0, 0.1) is 15.9 Å². The first kappa shape index (κ1) is 21.0. The van der Waals surface area contributed by atoms with Crippen molar-refractivity contribution in [3.63, 3.8) is 0 Å². The van der Waals surface area contributed by atoms with Gasteiger partial charge in [0.25, 0.3) is 5.91 Å². The number of thiazole rings is 1. The zero-order valence-corrected chi connectivity index (χ0v) is 17.2. The second-order valence-electron chi connectivity index (χ2n) is 6.54. The van der Waals surface area contributed by atoms with Crippen LogP contribution >= 0.6 is 11.3 Å². The Hall–Kier alpha value is -4.25. The minimum absolute atomic E-state index is 0.0496. The number of benzene rings is 2. The Kier molecular flexibility index (Phi) is 5.56. The number of nitro groups is 1. The third-order valence-electron chi connectivity index (χ3n) is 4.34. The lowest BCUT2D eigenvalue weighted by molar-refractivity contribution is -0.402. The maximum atomic E-state index is 13.6. The van der Waals surface area contributed by atoms with E-state index in [0.717, 1.165) is 28.6 Å². The number of Topliss-reactive ketones (excluding diaryl/α,β-unsaturated/α-hetero) is 1. The van der Waals surface area contributed by atoms with Gasteiger partial charge >= 0.3 is 5.88 Å². The molecule has 32 heavy (non-hydrogen) atoms. The number of halogens is 1. The quantitative estimate of drug-likeness (QED) is 0.179. The Labute approximate surface area is 183 Å². The predicted molar refractivity (Wildman–Crippen MR) is 116 cm³/mol. The third kappa shape index (κ3) is 4.27. The second-order valence-corrected chi connectivity index (χ2v) is 7.55. The normalized spacial score (nSPS) is 11.2. The molecule has 0 fully saturated rings. The lowest BCUT2D eigenvalue weighted by Crippen LogP contribution is -2.25. The first-order valence-electron chi connectivity index (χ1n) is 9.11. The van der Waals surface area contributed by atoms with Crippen LogP contribution in [0.5, 0.6) is 0 Å². The number of nitrogens with zero attached hydrogens (tertiary/aromatic N) is 4. The molecule has 0 atom stereocenters. The van der Waals surface area contributed by atoms with E-state index in [4.69, 9.17) is 4.42 Å². The van der Waals surface area contributed by atoms with Crippen LogP contribution in [-0.4, -0.2) is 27.8 Å². The fourth-order valence-corrected chi connectivity index (χ4v) is 3.71. The SMILES string of the molecule is CC(=O)c1ccc(C(=O)N(/N=C/c2ccc([N+](=O)[O-])o2)c2nc3ccc(F)cc3s2)cc1. The van der Waals surface area contributed by atoms with Crippen molar-refractivity contribution in [3.8, 4) is 0 Å². The summed E-state index contributed by atoms with van der Waals surface area (Å²) in [5.41, 5.74) is 1.14. The molecule has 0 saturated carbocycles. The lowest BCUT2D eigenvalue weighted by Gasteiger charge is -2.13. The molecule has 2 heterocycles. The van der Waals surface area contributed by atoms with Crippen molar-refractivity contribution < 1.29 is 23.3 Å². The molecule has 0 aliphatic rings. The molecule has 160 valence electrons. The lowest BCUT2D eigenvalue weighted by atomic mass is 10.1. The van der Waals surface area contributed by atoms with Crippen LogP contribution in [0.25, 0.3) is 10.2 Å². The maximum absolute atomic E-state index is 13.6. The summed E-state index contributed by atoms with van der Waals surface area (Å²) < 4.78 is 19.1. The summed E-state index contributed by atoms with van der Waals surface area (Å²) in [7, 11) is 0. The van der Waals surface area contributed by atoms with Crippen LogP contribution in [0.2, 0.25) is 0 Å². The highest BCUT2D eigenvalue weighted by Crippen LogP contribution is 2.30. The van der Waals surface area contributed by atoms with Crippen LogP contribution in [0.3, 0.4) is 0 Å². The summed E-state index contributed by atoms with van der Waals surface area (Å²) in [5.74, 6) is -1.59. The van der Waals surface area contributed by atoms with E-state index in [1.54, 1.807) is 0 Å². The van der Waals surface area contributed by atoms with E-state index in [-0.39, 0.29) is 22.2 Å². The molecule has 11 heteroatoms. The molecule has 0 radical (unpaired) electrons. The standard InChI is InChI=1S/C21H13FN4O5S/c1-12(27)13-2-4-14(5-3-13)20(28)25(23-11-16-7-9-19(31-16)26(29)30)21-24-17-8-6-15(22)10-18(17)32-21/h2-11H,1H3/b23-11+. The Balaban J connectivity index is 1.73. The summed E-state index contributed by atoms with van der Waals surface area (Å²) >= 11 is 1.04. The number of hydrogen-bond donors (Lipinski definition) is 0. The summed E-state index contributed by atoms with van der Waals surface area (Å²) in [4.78, 5) is 39.1. The molecular formula is C21H13FN4O5S. The minimum Gasteiger partial charge on any atom is -0.400 e. The summed E-state index contributed by atoms with van der Waals surface area (Å²) in [6.45, 7) is 1.41. The van der Waals surface area contributed by atoms with Gasteiger partial charge in [0, 0.05) is 11.1 Å². The Morgan fingerprint density at radius 3 is 2.53 bits per heavy atom. The number of hydrogen-bond acceptors (Lipinski definition) is 8. The highest BCUT2D eigenvalue weighted by molar-refractivity contribution is 7.22. The molecule has 2 aromatic carbocycles. The van der Waals surface area contributed by atoms with Gasteiger partial charge < -0.3 is 4.42 Å². The molecule has 0 bridgehead atoms. The molecule has 0 aliphatic carbocycles.